The molecule has 2 aliphatic rings. The molecule has 1 N–H and O–H groups in total. The molecule has 3 rings (SSSR count). The summed E-state index contributed by atoms with van der Waals surface area (Å²) in [5.74, 6) is 0.227. The maximum atomic E-state index is 11.2. The van der Waals surface area contributed by atoms with Gasteiger partial charge in [0.2, 0.25) is 5.91 Å². The lowest BCUT2D eigenvalue weighted by molar-refractivity contribution is -0.121. The highest BCUT2D eigenvalue weighted by atomic mass is 16.2. The Hall–Kier alpha value is -1.64. The van der Waals surface area contributed by atoms with Crippen molar-refractivity contribution in [3.63, 3.8) is 0 Å². The maximum Gasteiger partial charge on any atom is 0.240 e. The topological polar surface area (TPSA) is 41.5 Å². The van der Waals surface area contributed by atoms with Crippen LogP contribution in [0.5, 0.6) is 0 Å². The molecule has 88 valence electrons. The van der Waals surface area contributed by atoms with Crippen molar-refractivity contribution in [2.45, 2.75) is 32.6 Å². The van der Waals surface area contributed by atoms with E-state index >= 15 is 0 Å². The number of nitrogens with one attached hydrogen (secondary N) is 1. The largest absolute Gasteiger partial charge is 0.273 e. The van der Waals surface area contributed by atoms with E-state index in [9.17, 15) is 4.79 Å². The van der Waals surface area contributed by atoms with Gasteiger partial charge >= 0.3 is 0 Å². The normalized spacial score (nSPS) is 23.0. The Bertz CT molecular complexity index is 505. The monoisotopic (exact) mass is 228 g/mol. The molecule has 1 atom stereocenters. The first-order valence-corrected chi connectivity index (χ1v) is 6.22. The molecule has 1 heterocycles. The fraction of sp³-hybridized carbons (Fsp3) is 0.429. The summed E-state index contributed by atoms with van der Waals surface area (Å²) in [5, 5.41) is 4.20. The number of carbonyl (C=O) groups is 1. The van der Waals surface area contributed by atoms with Crippen molar-refractivity contribution in [1.82, 2.24) is 5.43 Å². The molecule has 0 saturated heterocycles. The molecule has 3 nitrogen and oxygen atoms in total. The van der Waals surface area contributed by atoms with Crippen molar-refractivity contribution in [3.05, 3.63) is 34.9 Å². The van der Waals surface area contributed by atoms with Crippen LogP contribution in [0.25, 0.3) is 0 Å². The van der Waals surface area contributed by atoms with E-state index in [1.54, 1.807) is 0 Å². The second-order valence-corrected chi connectivity index (χ2v) is 4.97. The molecule has 0 bridgehead atoms. The Balaban J connectivity index is 1.96. The van der Waals surface area contributed by atoms with Gasteiger partial charge in [0.1, 0.15) is 0 Å². The number of amides is 1. The first kappa shape index (κ1) is 10.5. The third-order valence-electron chi connectivity index (χ3n) is 3.65. The lowest BCUT2D eigenvalue weighted by Crippen LogP contribution is -2.32. The zero-order valence-corrected chi connectivity index (χ0v) is 9.99. The van der Waals surface area contributed by atoms with Crippen LogP contribution in [0.15, 0.2) is 23.3 Å². The predicted octanol–water partition coefficient (Wildman–Crippen LogP) is 2.04. The van der Waals surface area contributed by atoms with E-state index in [4.69, 9.17) is 0 Å². The summed E-state index contributed by atoms with van der Waals surface area (Å²) in [6.07, 6.45) is 4.18. The third kappa shape index (κ3) is 1.86. The van der Waals surface area contributed by atoms with Crippen molar-refractivity contribution in [1.29, 1.82) is 0 Å². The van der Waals surface area contributed by atoms with Gasteiger partial charge in [-0.2, -0.15) is 5.10 Å². The predicted molar refractivity (Wildman–Crippen MR) is 66.9 cm³/mol. The molecular formula is C14H16N2O. The van der Waals surface area contributed by atoms with Gasteiger partial charge in [-0.15, -0.1) is 0 Å². The smallest absolute Gasteiger partial charge is 0.240 e. The van der Waals surface area contributed by atoms with Gasteiger partial charge in [-0.05, 0) is 42.0 Å². The van der Waals surface area contributed by atoms with Gasteiger partial charge in [-0.3, -0.25) is 4.79 Å². The average Bonchev–Trinajstić information content (AvgIpc) is 2.75. The zero-order chi connectivity index (χ0) is 11.8. The second kappa shape index (κ2) is 3.99. The summed E-state index contributed by atoms with van der Waals surface area (Å²) < 4.78 is 0. The quantitative estimate of drug-likeness (QED) is 0.785. The van der Waals surface area contributed by atoms with E-state index < -0.39 is 0 Å². The van der Waals surface area contributed by atoms with Gasteiger partial charge in [-0.1, -0.05) is 19.1 Å². The summed E-state index contributed by atoms with van der Waals surface area (Å²) in [5.41, 5.74) is 7.68. The Morgan fingerprint density at radius 1 is 1.29 bits per heavy atom. The minimum absolute atomic E-state index is 0.0161. The van der Waals surface area contributed by atoms with Crippen LogP contribution in [-0.4, -0.2) is 11.6 Å². The highest BCUT2D eigenvalue weighted by Gasteiger charge is 2.22. The van der Waals surface area contributed by atoms with Crippen LogP contribution >= 0.6 is 0 Å². The molecule has 3 heteroatoms. The van der Waals surface area contributed by atoms with E-state index in [2.05, 4.69) is 35.7 Å². The standard InChI is InChI=1S/C14H16N2O/c1-9-7-13(17)15-16-14(9)12-6-5-10-3-2-4-11(10)8-12/h5-6,8-9H,2-4,7H2,1H3,(H,15,17). The zero-order valence-electron chi connectivity index (χ0n) is 9.99. The molecule has 0 spiro atoms. The molecule has 0 radical (unpaired) electrons. The molecule has 1 aliphatic carbocycles. The van der Waals surface area contributed by atoms with E-state index in [-0.39, 0.29) is 11.8 Å². The summed E-state index contributed by atoms with van der Waals surface area (Å²) in [4.78, 5) is 11.2. The number of carbonyl (C=O) groups excluding carboxylic acids is 1. The lowest BCUT2D eigenvalue weighted by atomic mass is 9.92. The van der Waals surface area contributed by atoms with Crippen molar-refractivity contribution in [2.24, 2.45) is 11.0 Å². The van der Waals surface area contributed by atoms with Crippen LogP contribution in [-0.2, 0) is 17.6 Å². The fourth-order valence-corrected chi connectivity index (χ4v) is 2.73. The molecule has 0 aromatic heterocycles. The molecule has 1 aromatic rings. The van der Waals surface area contributed by atoms with E-state index in [1.807, 2.05) is 0 Å². The number of aryl methyl sites for hydroxylation is 2. The minimum Gasteiger partial charge on any atom is -0.273 e. The van der Waals surface area contributed by atoms with Crippen molar-refractivity contribution >= 4 is 11.6 Å². The number of rotatable bonds is 1. The number of hydrazone groups is 1. The first-order valence-electron chi connectivity index (χ1n) is 6.22. The van der Waals surface area contributed by atoms with Crippen LogP contribution in [0, 0.1) is 5.92 Å². The van der Waals surface area contributed by atoms with Crippen molar-refractivity contribution in [3.8, 4) is 0 Å². The van der Waals surface area contributed by atoms with Gasteiger partial charge < -0.3 is 0 Å². The Morgan fingerprint density at radius 3 is 2.94 bits per heavy atom. The van der Waals surface area contributed by atoms with Crippen molar-refractivity contribution in [2.75, 3.05) is 0 Å². The van der Waals surface area contributed by atoms with Crippen LogP contribution in [0.2, 0.25) is 0 Å². The minimum atomic E-state index is 0.0161. The van der Waals surface area contributed by atoms with Gasteiger partial charge in [0.25, 0.3) is 0 Å². The van der Waals surface area contributed by atoms with E-state index in [0.29, 0.717) is 6.42 Å². The molecule has 1 aliphatic heterocycles. The third-order valence-corrected chi connectivity index (χ3v) is 3.65. The number of hydrogen-bond acceptors (Lipinski definition) is 2. The molecule has 17 heavy (non-hydrogen) atoms. The van der Waals surface area contributed by atoms with E-state index in [1.165, 1.54) is 30.4 Å². The Labute approximate surface area is 101 Å². The average molecular weight is 228 g/mol. The van der Waals surface area contributed by atoms with Crippen LogP contribution in [0.3, 0.4) is 0 Å². The number of nitrogens with zero attached hydrogens (tertiary/aromatic N) is 1. The number of fused-ring (bicyclic) bond motifs is 1. The second-order valence-electron chi connectivity index (χ2n) is 4.97. The summed E-state index contributed by atoms with van der Waals surface area (Å²) >= 11 is 0. The number of benzene rings is 1. The Morgan fingerprint density at radius 2 is 2.12 bits per heavy atom. The highest BCUT2D eigenvalue weighted by molar-refractivity contribution is 6.05. The summed E-state index contributed by atoms with van der Waals surface area (Å²) in [7, 11) is 0. The van der Waals surface area contributed by atoms with Gasteiger partial charge in [0.05, 0.1) is 5.71 Å². The molecule has 0 fully saturated rings. The molecule has 1 amide bonds. The molecular weight excluding hydrogens is 212 g/mol. The van der Waals surface area contributed by atoms with Crippen LogP contribution in [0.4, 0.5) is 0 Å². The maximum absolute atomic E-state index is 11.2. The molecule has 1 aromatic carbocycles. The van der Waals surface area contributed by atoms with Gasteiger partial charge in [0.15, 0.2) is 0 Å². The summed E-state index contributed by atoms with van der Waals surface area (Å²) in [6, 6.07) is 6.59. The van der Waals surface area contributed by atoms with Crippen LogP contribution in [0.1, 0.15) is 36.5 Å². The molecule has 0 saturated carbocycles. The summed E-state index contributed by atoms with van der Waals surface area (Å²) in [6.45, 7) is 2.06. The van der Waals surface area contributed by atoms with Gasteiger partial charge in [0, 0.05) is 12.3 Å². The highest BCUT2D eigenvalue weighted by Crippen LogP contribution is 2.25. The van der Waals surface area contributed by atoms with E-state index in [0.717, 1.165) is 11.3 Å². The van der Waals surface area contributed by atoms with Crippen LogP contribution < -0.4 is 5.43 Å². The van der Waals surface area contributed by atoms with Gasteiger partial charge in [-0.25, -0.2) is 5.43 Å². The SMILES string of the molecule is CC1CC(=O)NN=C1c1ccc2c(c1)CCC2. The van der Waals surface area contributed by atoms with Crippen molar-refractivity contribution < 1.29 is 4.79 Å². The lowest BCUT2D eigenvalue weighted by Gasteiger charge is -2.19. The Kier molecular flexibility index (Phi) is 2.46. The number of hydrogen-bond donors (Lipinski definition) is 1. The fourth-order valence-electron chi connectivity index (χ4n) is 2.73. The first-order chi connectivity index (χ1) is 8.24. The molecule has 1 unspecified atom stereocenters.